The molecule has 1 aromatic carbocycles. The zero-order valence-corrected chi connectivity index (χ0v) is 10.3. The fourth-order valence-electron chi connectivity index (χ4n) is 1.16. The van der Waals surface area contributed by atoms with Gasteiger partial charge in [-0.15, -0.1) is 0 Å². The van der Waals surface area contributed by atoms with Gasteiger partial charge in [-0.1, -0.05) is 18.2 Å². The molecule has 13 heavy (non-hydrogen) atoms. The zero-order chi connectivity index (χ0) is 10.1. The Morgan fingerprint density at radius 2 is 1.85 bits per heavy atom. The van der Waals surface area contributed by atoms with Gasteiger partial charge in [0.15, 0.2) is 0 Å². The van der Waals surface area contributed by atoms with Crippen LogP contribution in [-0.2, 0) is 10.2 Å². The van der Waals surface area contributed by atoms with E-state index in [9.17, 15) is 4.79 Å². The van der Waals surface area contributed by atoms with E-state index in [1.807, 2.05) is 38.1 Å². The molecule has 0 saturated carbocycles. The second-order valence-corrected chi connectivity index (χ2v) is 4.82. The Kier molecular flexibility index (Phi) is 3.11. The summed E-state index contributed by atoms with van der Waals surface area (Å²) in [6.07, 6.45) is 0. The van der Waals surface area contributed by atoms with Gasteiger partial charge in [0.25, 0.3) is 0 Å². The van der Waals surface area contributed by atoms with Crippen molar-refractivity contribution in [3.05, 3.63) is 33.4 Å². The molecule has 1 nitrogen and oxygen atoms in total. The molecular formula is C11H13IO. The minimum absolute atomic E-state index is 0.205. The number of benzene rings is 1. The van der Waals surface area contributed by atoms with Crippen LogP contribution in [0, 0.1) is 3.57 Å². The average molecular weight is 288 g/mol. The molecular weight excluding hydrogens is 275 g/mol. The van der Waals surface area contributed by atoms with E-state index in [0.717, 1.165) is 9.13 Å². The van der Waals surface area contributed by atoms with Crippen LogP contribution < -0.4 is 0 Å². The lowest BCUT2D eigenvalue weighted by Gasteiger charge is -2.22. The second kappa shape index (κ2) is 3.78. The minimum atomic E-state index is -0.363. The number of hydrogen-bond donors (Lipinski definition) is 0. The van der Waals surface area contributed by atoms with E-state index in [0.29, 0.717) is 0 Å². The summed E-state index contributed by atoms with van der Waals surface area (Å²) < 4.78 is 1.15. The van der Waals surface area contributed by atoms with E-state index in [1.54, 1.807) is 6.92 Å². The van der Waals surface area contributed by atoms with Crippen LogP contribution in [0.25, 0.3) is 0 Å². The quantitative estimate of drug-likeness (QED) is 0.764. The molecule has 0 heterocycles. The summed E-state index contributed by atoms with van der Waals surface area (Å²) in [4.78, 5) is 11.4. The van der Waals surface area contributed by atoms with Crippen molar-refractivity contribution < 1.29 is 4.79 Å². The predicted octanol–water partition coefficient (Wildman–Crippen LogP) is 3.16. The summed E-state index contributed by atoms with van der Waals surface area (Å²) in [6, 6.07) is 8.01. The van der Waals surface area contributed by atoms with Crippen molar-refractivity contribution in [3.8, 4) is 0 Å². The standard InChI is InChI=1S/C11H13IO/c1-8(13)11(2,3)9-6-4-5-7-10(9)12/h4-7H,1-3H3. The lowest BCUT2D eigenvalue weighted by atomic mass is 9.81. The Hall–Kier alpha value is -0.380. The van der Waals surface area contributed by atoms with Gasteiger partial charge < -0.3 is 0 Å². The molecule has 0 aliphatic carbocycles. The maximum absolute atomic E-state index is 11.4. The van der Waals surface area contributed by atoms with Crippen LogP contribution in [-0.4, -0.2) is 5.78 Å². The van der Waals surface area contributed by atoms with Crippen LogP contribution in [0.3, 0.4) is 0 Å². The first-order valence-corrected chi connectivity index (χ1v) is 5.30. The van der Waals surface area contributed by atoms with E-state index in [4.69, 9.17) is 0 Å². The van der Waals surface area contributed by atoms with Crippen molar-refractivity contribution in [1.82, 2.24) is 0 Å². The topological polar surface area (TPSA) is 17.1 Å². The Morgan fingerprint density at radius 3 is 2.31 bits per heavy atom. The molecule has 0 amide bonds. The second-order valence-electron chi connectivity index (χ2n) is 3.66. The first-order valence-electron chi connectivity index (χ1n) is 4.22. The molecule has 0 saturated heterocycles. The van der Waals surface area contributed by atoms with Crippen LogP contribution in [0.15, 0.2) is 24.3 Å². The molecule has 0 aliphatic heterocycles. The molecule has 0 aromatic heterocycles. The number of hydrogen-bond acceptors (Lipinski definition) is 1. The van der Waals surface area contributed by atoms with E-state index in [-0.39, 0.29) is 11.2 Å². The Morgan fingerprint density at radius 1 is 1.31 bits per heavy atom. The van der Waals surface area contributed by atoms with Gasteiger partial charge in [-0.2, -0.15) is 0 Å². The lowest BCUT2D eigenvalue weighted by Crippen LogP contribution is -2.27. The minimum Gasteiger partial charge on any atom is -0.299 e. The van der Waals surface area contributed by atoms with Crippen LogP contribution in [0.5, 0.6) is 0 Å². The van der Waals surface area contributed by atoms with Crippen LogP contribution >= 0.6 is 22.6 Å². The highest BCUT2D eigenvalue weighted by Crippen LogP contribution is 2.28. The molecule has 0 N–H and O–H groups in total. The fourth-order valence-corrected chi connectivity index (χ4v) is 2.22. The highest BCUT2D eigenvalue weighted by atomic mass is 127. The predicted molar refractivity (Wildman–Crippen MR) is 62.9 cm³/mol. The van der Waals surface area contributed by atoms with Crippen molar-refractivity contribution in [1.29, 1.82) is 0 Å². The number of Topliss-reactive ketones (excluding diaryl/α,β-unsaturated/α-hetero) is 1. The highest BCUT2D eigenvalue weighted by molar-refractivity contribution is 14.1. The monoisotopic (exact) mass is 288 g/mol. The van der Waals surface area contributed by atoms with Gasteiger partial charge in [0.05, 0.1) is 0 Å². The van der Waals surface area contributed by atoms with Crippen LogP contribution in [0.1, 0.15) is 26.3 Å². The van der Waals surface area contributed by atoms with Crippen molar-refractivity contribution in [2.24, 2.45) is 0 Å². The van der Waals surface area contributed by atoms with Crippen LogP contribution in [0.4, 0.5) is 0 Å². The molecule has 0 aliphatic rings. The van der Waals surface area contributed by atoms with Crippen molar-refractivity contribution >= 4 is 28.4 Å². The summed E-state index contributed by atoms with van der Waals surface area (Å²) >= 11 is 2.27. The molecule has 0 atom stereocenters. The normalized spacial score (nSPS) is 11.4. The van der Waals surface area contributed by atoms with Gasteiger partial charge in [-0.05, 0) is 55.0 Å². The first kappa shape index (κ1) is 10.7. The zero-order valence-electron chi connectivity index (χ0n) is 8.10. The van der Waals surface area contributed by atoms with Gasteiger partial charge in [0.2, 0.25) is 0 Å². The summed E-state index contributed by atoms with van der Waals surface area (Å²) in [7, 11) is 0. The number of carbonyl (C=O) groups is 1. The number of ketones is 1. The fraction of sp³-hybridized carbons (Fsp3) is 0.364. The molecule has 0 fully saturated rings. The molecule has 1 rings (SSSR count). The number of halogens is 1. The molecule has 70 valence electrons. The van der Waals surface area contributed by atoms with Crippen molar-refractivity contribution in [2.75, 3.05) is 0 Å². The third kappa shape index (κ3) is 2.10. The SMILES string of the molecule is CC(=O)C(C)(C)c1ccccc1I. The van der Waals surface area contributed by atoms with E-state index in [1.165, 1.54) is 0 Å². The molecule has 0 bridgehead atoms. The van der Waals surface area contributed by atoms with Crippen molar-refractivity contribution in [3.63, 3.8) is 0 Å². The van der Waals surface area contributed by atoms with E-state index < -0.39 is 0 Å². The maximum atomic E-state index is 11.4. The Balaban J connectivity index is 3.22. The molecule has 0 spiro atoms. The van der Waals surface area contributed by atoms with Crippen LogP contribution in [0.2, 0.25) is 0 Å². The third-order valence-corrected chi connectivity index (χ3v) is 3.37. The van der Waals surface area contributed by atoms with Crippen molar-refractivity contribution in [2.45, 2.75) is 26.2 Å². The number of rotatable bonds is 2. The largest absolute Gasteiger partial charge is 0.299 e. The average Bonchev–Trinajstić information content (AvgIpc) is 2.04. The molecule has 2 heteroatoms. The third-order valence-electron chi connectivity index (χ3n) is 2.43. The number of carbonyl (C=O) groups excluding carboxylic acids is 1. The summed E-state index contributed by atoms with van der Waals surface area (Å²) in [6.45, 7) is 5.57. The Labute approximate surface area is 92.7 Å². The van der Waals surface area contributed by atoms with Gasteiger partial charge >= 0.3 is 0 Å². The van der Waals surface area contributed by atoms with E-state index in [2.05, 4.69) is 22.6 Å². The molecule has 0 radical (unpaired) electrons. The maximum Gasteiger partial charge on any atom is 0.139 e. The summed E-state index contributed by atoms with van der Waals surface area (Å²) in [5.41, 5.74) is 0.751. The lowest BCUT2D eigenvalue weighted by molar-refractivity contribution is -0.121. The Bertz CT molecular complexity index is 329. The van der Waals surface area contributed by atoms with E-state index >= 15 is 0 Å². The highest BCUT2D eigenvalue weighted by Gasteiger charge is 2.27. The summed E-state index contributed by atoms with van der Waals surface area (Å²) in [5, 5.41) is 0. The first-order chi connectivity index (χ1) is 5.96. The molecule has 0 unspecified atom stereocenters. The molecule has 1 aromatic rings. The van der Waals surface area contributed by atoms with Gasteiger partial charge in [0, 0.05) is 8.99 Å². The van der Waals surface area contributed by atoms with Gasteiger partial charge in [-0.3, -0.25) is 4.79 Å². The van der Waals surface area contributed by atoms with Gasteiger partial charge in [-0.25, -0.2) is 0 Å². The summed E-state index contributed by atoms with van der Waals surface area (Å²) in [5.74, 6) is 0.205. The van der Waals surface area contributed by atoms with Gasteiger partial charge in [0.1, 0.15) is 5.78 Å². The smallest absolute Gasteiger partial charge is 0.139 e.